The van der Waals surface area contributed by atoms with E-state index in [1.54, 1.807) is 12.1 Å². The molecule has 3 heterocycles. The third-order valence-electron chi connectivity index (χ3n) is 7.92. The number of halogens is 3. The highest BCUT2D eigenvalue weighted by Crippen LogP contribution is 2.36. The Hall–Kier alpha value is -3.94. The van der Waals surface area contributed by atoms with Gasteiger partial charge in [-0.15, -0.1) is 0 Å². The molecule has 5 rings (SSSR count). The fourth-order valence-corrected chi connectivity index (χ4v) is 5.33. The third kappa shape index (κ3) is 4.84. The molecule has 3 aromatic heterocycles. The van der Waals surface area contributed by atoms with Crippen LogP contribution in [0.5, 0.6) is 0 Å². The highest BCUT2D eigenvalue weighted by molar-refractivity contribution is 5.84. The standard InChI is InChI=1S/C31H32F3N5/c1-7-26-24(14-21-8-11-23(12-9-21)31(32,33)34)18(2)25-15-22(10-13-27(25)37-26)30(28-16-35-19(3)38(28)5)29-17-36-20(4)39(29)6/h8-13,15-17,30H,7,14H2,1-6H3. The Morgan fingerprint density at radius 2 is 1.44 bits per heavy atom. The van der Waals surface area contributed by atoms with Gasteiger partial charge in [-0.3, -0.25) is 4.98 Å². The molecule has 202 valence electrons. The van der Waals surface area contributed by atoms with Gasteiger partial charge in [0.15, 0.2) is 0 Å². The second kappa shape index (κ2) is 9.98. The Bertz CT molecular complexity index is 1610. The largest absolute Gasteiger partial charge is 0.416 e. The van der Waals surface area contributed by atoms with Crippen LogP contribution in [0.3, 0.4) is 0 Å². The Kier molecular flexibility index (Phi) is 6.83. The fraction of sp³-hybridized carbons (Fsp3) is 0.323. The smallest absolute Gasteiger partial charge is 0.334 e. The summed E-state index contributed by atoms with van der Waals surface area (Å²) in [5.41, 5.74) is 7.45. The number of fused-ring (bicyclic) bond motifs is 1. The lowest BCUT2D eigenvalue weighted by atomic mass is 9.89. The predicted octanol–water partition coefficient (Wildman–Crippen LogP) is 6.98. The lowest BCUT2D eigenvalue weighted by Gasteiger charge is -2.21. The van der Waals surface area contributed by atoms with Crippen molar-refractivity contribution in [2.24, 2.45) is 14.1 Å². The maximum atomic E-state index is 13.1. The van der Waals surface area contributed by atoms with Gasteiger partial charge in [0.1, 0.15) is 11.6 Å². The Labute approximate surface area is 226 Å². The van der Waals surface area contributed by atoms with Crippen molar-refractivity contribution in [3.8, 4) is 0 Å². The van der Waals surface area contributed by atoms with Crippen LogP contribution in [0.25, 0.3) is 10.9 Å². The lowest BCUT2D eigenvalue weighted by molar-refractivity contribution is -0.137. The highest BCUT2D eigenvalue weighted by Gasteiger charge is 2.30. The highest BCUT2D eigenvalue weighted by atomic mass is 19.4. The third-order valence-corrected chi connectivity index (χ3v) is 7.92. The van der Waals surface area contributed by atoms with E-state index in [0.717, 1.165) is 80.4 Å². The summed E-state index contributed by atoms with van der Waals surface area (Å²) in [4.78, 5) is 14.1. The fourth-order valence-electron chi connectivity index (χ4n) is 5.33. The van der Waals surface area contributed by atoms with Crippen LogP contribution < -0.4 is 0 Å². The molecule has 0 spiro atoms. The quantitative estimate of drug-likeness (QED) is 0.238. The minimum Gasteiger partial charge on any atom is -0.334 e. The van der Waals surface area contributed by atoms with E-state index >= 15 is 0 Å². The van der Waals surface area contributed by atoms with Crippen molar-refractivity contribution in [1.29, 1.82) is 0 Å². The summed E-state index contributed by atoms with van der Waals surface area (Å²) in [7, 11) is 4.05. The minimum atomic E-state index is -4.35. The number of imidazole rings is 2. The molecule has 0 saturated heterocycles. The van der Waals surface area contributed by atoms with E-state index in [2.05, 4.69) is 51.1 Å². The zero-order valence-electron chi connectivity index (χ0n) is 23.1. The van der Waals surface area contributed by atoms with Crippen molar-refractivity contribution >= 4 is 10.9 Å². The average Bonchev–Trinajstić information content (AvgIpc) is 3.41. The average molecular weight is 532 g/mol. The van der Waals surface area contributed by atoms with Crippen LogP contribution in [0.15, 0.2) is 54.9 Å². The number of hydrogen-bond acceptors (Lipinski definition) is 3. The number of pyridine rings is 1. The molecule has 0 amide bonds. The molecule has 8 heteroatoms. The number of aryl methyl sites for hydroxylation is 4. The molecule has 0 unspecified atom stereocenters. The molecular formula is C31H32F3N5. The van der Waals surface area contributed by atoms with Crippen LogP contribution >= 0.6 is 0 Å². The van der Waals surface area contributed by atoms with E-state index in [4.69, 9.17) is 4.98 Å². The summed E-state index contributed by atoms with van der Waals surface area (Å²) in [6.45, 7) is 8.13. The molecule has 0 aliphatic heterocycles. The van der Waals surface area contributed by atoms with Crippen LogP contribution in [-0.4, -0.2) is 24.1 Å². The first-order valence-corrected chi connectivity index (χ1v) is 13.0. The van der Waals surface area contributed by atoms with Gasteiger partial charge in [0.05, 0.1) is 28.4 Å². The summed E-state index contributed by atoms with van der Waals surface area (Å²) in [6, 6.07) is 11.8. The topological polar surface area (TPSA) is 48.5 Å². The number of rotatable bonds is 6. The second-order valence-corrected chi connectivity index (χ2v) is 10.2. The zero-order chi connectivity index (χ0) is 28.1. The van der Waals surface area contributed by atoms with Crippen LogP contribution in [0.4, 0.5) is 13.2 Å². The van der Waals surface area contributed by atoms with Gasteiger partial charge in [-0.2, -0.15) is 13.2 Å². The van der Waals surface area contributed by atoms with E-state index in [-0.39, 0.29) is 5.92 Å². The molecule has 39 heavy (non-hydrogen) atoms. The molecule has 0 aliphatic carbocycles. The van der Waals surface area contributed by atoms with Gasteiger partial charge in [-0.25, -0.2) is 9.97 Å². The van der Waals surface area contributed by atoms with E-state index < -0.39 is 11.7 Å². The Balaban J connectivity index is 1.64. The van der Waals surface area contributed by atoms with E-state index in [0.29, 0.717) is 6.42 Å². The van der Waals surface area contributed by atoms with Crippen molar-refractivity contribution in [1.82, 2.24) is 24.1 Å². The summed E-state index contributed by atoms with van der Waals surface area (Å²) in [5, 5.41) is 1.04. The summed E-state index contributed by atoms with van der Waals surface area (Å²) in [6.07, 6.45) is 0.756. The number of hydrogen-bond donors (Lipinski definition) is 0. The van der Waals surface area contributed by atoms with Crippen LogP contribution in [0.2, 0.25) is 0 Å². The number of aromatic nitrogens is 5. The molecule has 5 aromatic rings. The van der Waals surface area contributed by atoms with E-state index in [1.165, 1.54) is 0 Å². The maximum absolute atomic E-state index is 13.1. The molecular weight excluding hydrogens is 499 g/mol. The van der Waals surface area contributed by atoms with Crippen molar-refractivity contribution in [2.45, 2.75) is 52.6 Å². The monoisotopic (exact) mass is 531 g/mol. The minimum absolute atomic E-state index is 0.0876. The number of nitrogens with zero attached hydrogens (tertiary/aromatic N) is 5. The molecule has 0 N–H and O–H groups in total. The molecule has 2 aromatic carbocycles. The van der Waals surface area contributed by atoms with Gasteiger partial charge in [-0.1, -0.05) is 25.1 Å². The molecule has 5 nitrogen and oxygen atoms in total. The lowest BCUT2D eigenvalue weighted by Crippen LogP contribution is -2.13. The first-order chi connectivity index (χ1) is 18.5. The van der Waals surface area contributed by atoms with Crippen LogP contribution in [-0.2, 0) is 33.1 Å². The zero-order valence-corrected chi connectivity index (χ0v) is 23.1. The SMILES string of the molecule is CCc1nc2ccc(C(c3cnc(C)n3C)c3cnc(C)n3C)cc2c(C)c1Cc1ccc(C(F)(F)F)cc1. The van der Waals surface area contributed by atoms with E-state index in [1.807, 2.05) is 40.3 Å². The maximum Gasteiger partial charge on any atom is 0.416 e. The van der Waals surface area contributed by atoms with Gasteiger partial charge >= 0.3 is 6.18 Å². The molecule has 0 radical (unpaired) electrons. The number of benzene rings is 2. The van der Waals surface area contributed by atoms with Gasteiger partial charge in [0.2, 0.25) is 0 Å². The molecule has 0 atom stereocenters. The van der Waals surface area contributed by atoms with Crippen molar-refractivity contribution in [3.05, 3.63) is 111 Å². The molecule has 0 bridgehead atoms. The second-order valence-electron chi connectivity index (χ2n) is 10.2. The van der Waals surface area contributed by atoms with Gasteiger partial charge in [0.25, 0.3) is 0 Å². The van der Waals surface area contributed by atoms with Gasteiger partial charge in [-0.05, 0) is 80.1 Å². The molecule has 0 aliphatic rings. The normalized spacial score (nSPS) is 12.2. The van der Waals surface area contributed by atoms with Gasteiger partial charge < -0.3 is 9.13 Å². The molecule has 0 saturated carbocycles. The molecule has 0 fully saturated rings. The summed E-state index contributed by atoms with van der Waals surface area (Å²) in [5.74, 6) is 1.77. The predicted molar refractivity (Wildman–Crippen MR) is 147 cm³/mol. The number of alkyl halides is 3. The Morgan fingerprint density at radius 1 is 0.846 bits per heavy atom. The van der Waals surface area contributed by atoms with Crippen molar-refractivity contribution in [3.63, 3.8) is 0 Å². The summed E-state index contributed by atoms with van der Waals surface area (Å²) < 4.78 is 43.5. The first kappa shape index (κ1) is 26.7. The van der Waals surface area contributed by atoms with Crippen LogP contribution in [0.1, 0.15) is 69.4 Å². The van der Waals surface area contributed by atoms with E-state index in [9.17, 15) is 13.2 Å². The Morgan fingerprint density at radius 3 is 1.92 bits per heavy atom. The van der Waals surface area contributed by atoms with Crippen molar-refractivity contribution in [2.75, 3.05) is 0 Å². The first-order valence-electron chi connectivity index (χ1n) is 13.0. The van der Waals surface area contributed by atoms with Crippen LogP contribution in [0, 0.1) is 20.8 Å². The van der Waals surface area contributed by atoms with Gasteiger partial charge in [0, 0.05) is 37.6 Å². The van der Waals surface area contributed by atoms with Crippen molar-refractivity contribution < 1.29 is 13.2 Å². The summed E-state index contributed by atoms with van der Waals surface area (Å²) >= 11 is 0.